The number of unbranched alkanes of at least 4 members (excludes halogenated alkanes) is 3. The van der Waals surface area contributed by atoms with Crippen LogP contribution in [0.15, 0.2) is 61.2 Å². The number of ketones is 1. The van der Waals surface area contributed by atoms with Crippen LogP contribution >= 0.6 is 0 Å². The fraction of sp³-hybridized carbons (Fsp3) is 0.531. The molecule has 2 aromatic rings. The molecule has 0 aliphatic heterocycles. The van der Waals surface area contributed by atoms with Crippen molar-refractivity contribution >= 4 is 5.78 Å². The molecule has 2 nitrogen and oxygen atoms in total. The average molecular weight is 461 g/mol. The Morgan fingerprint density at radius 1 is 1.09 bits per heavy atom. The molecule has 0 amide bonds. The highest BCUT2D eigenvalue weighted by Gasteiger charge is 2.31. The lowest BCUT2D eigenvalue weighted by Crippen LogP contribution is -2.19. The van der Waals surface area contributed by atoms with Crippen molar-refractivity contribution in [3.63, 3.8) is 0 Å². The van der Waals surface area contributed by atoms with Gasteiger partial charge in [-0.3, -0.25) is 4.79 Å². The van der Waals surface area contributed by atoms with E-state index < -0.39 is 0 Å². The first-order valence-electron chi connectivity index (χ1n) is 13.4. The van der Waals surface area contributed by atoms with E-state index in [0.717, 1.165) is 30.6 Å². The molecule has 0 bridgehead atoms. The summed E-state index contributed by atoms with van der Waals surface area (Å²) in [6, 6.07) is 17.2. The third-order valence-corrected chi connectivity index (χ3v) is 7.60. The summed E-state index contributed by atoms with van der Waals surface area (Å²) in [5.41, 5.74) is 3.79. The van der Waals surface area contributed by atoms with E-state index in [1.54, 1.807) is 0 Å². The van der Waals surface area contributed by atoms with Crippen LogP contribution in [0, 0.1) is 5.92 Å². The molecule has 3 rings (SSSR count). The normalized spacial score (nSPS) is 19.0. The summed E-state index contributed by atoms with van der Waals surface area (Å²) in [4.78, 5) is 12.6. The molecule has 0 N–H and O–H groups in total. The number of hydrogen-bond acceptors (Lipinski definition) is 2. The van der Waals surface area contributed by atoms with Crippen molar-refractivity contribution in [2.75, 3.05) is 0 Å². The molecule has 184 valence electrons. The molecule has 1 fully saturated rings. The van der Waals surface area contributed by atoms with Crippen molar-refractivity contribution in [3.8, 4) is 5.75 Å². The molecule has 0 heterocycles. The van der Waals surface area contributed by atoms with Gasteiger partial charge in [0, 0.05) is 12.8 Å². The first kappa shape index (κ1) is 26.3. The number of carbonyl (C=O) groups is 1. The maximum atomic E-state index is 12.6. The Balaban J connectivity index is 1.93. The predicted octanol–water partition coefficient (Wildman–Crippen LogP) is 8.93. The van der Waals surface area contributed by atoms with Gasteiger partial charge >= 0.3 is 0 Å². The molecule has 2 aromatic carbocycles. The van der Waals surface area contributed by atoms with Crippen LogP contribution in [0.5, 0.6) is 5.75 Å². The molecule has 1 aliphatic rings. The number of benzene rings is 2. The van der Waals surface area contributed by atoms with Crippen LogP contribution in [-0.2, 0) is 16.8 Å². The Morgan fingerprint density at radius 3 is 2.62 bits per heavy atom. The maximum Gasteiger partial charge on any atom is 0.133 e. The van der Waals surface area contributed by atoms with Crippen LogP contribution in [0.3, 0.4) is 0 Å². The summed E-state index contributed by atoms with van der Waals surface area (Å²) in [6.45, 7) is 11.5. The molecule has 0 radical (unpaired) electrons. The Kier molecular flexibility index (Phi) is 9.99. The van der Waals surface area contributed by atoms with Gasteiger partial charge in [-0.2, -0.15) is 0 Å². The van der Waals surface area contributed by atoms with Gasteiger partial charge in [0.05, 0.1) is 0 Å². The second-order valence-electron chi connectivity index (χ2n) is 10.7. The van der Waals surface area contributed by atoms with Crippen molar-refractivity contribution < 1.29 is 9.53 Å². The highest BCUT2D eigenvalue weighted by atomic mass is 16.5. The van der Waals surface area contributed by atoms with E-state index in [1.165, 1.54) is 43.2 Å². The summed E-state index contributed by atoms with van der Waals surface area (Å²) >= 11 is 0. The molecule has 1 saturated carbocycles. The zero-order chi connectivity index (χ0) is 24.4. The highest BCUT2D eigenvalue weighted by Crippen LogP contribution is 2.43. The average Bonchev–Trinajstić information content (AvgIpc) is 3.02. The highest BCUT2D eigenvalue weighted by molar-refractivity contribution is 5.79. The third-order valence-electron chi connectivity index (χ3n) is 7.60. The Labute approximate surface area is 207 Å². The lowest BCUT2D eigenvalue weighted by molar-refractivity contribution is -0.119. The minimum atomic E-state index is 0.0942. The number of ether oxygens (including phenoxy) is 1. The zero-order valence-corrected chi connectivity index (χ0v) is 21.7. The number of rotatable bonds is 12. The summed E-state index contributed by atoms with van der Waals surface area (Å²) in [6.07, 6.45) is 12.6. The van der Waals surface area contributed by atoms with Gasteiger partial charge < -0.3 is 4.74 Å². The van der Waals surface area contributed by atoms with Crippen LogP contribution in [-0.4, -0.2) is 5.78 Å². The molecular formula is C32H44O2. The van der Waals surface area contributed by atoms with Crippen molar-refractivity contribution in [2.45, 2.75) is 103 Å². The van der Waals surface area contributed by atoms with Crippen LogP contribution in [0.2, 0.25) is 0 Å². The van der Waals surface area contributed by atoms with Crippen molar-refractivity contribution in [1.82, 2.24) is 0 Å². The van der Waals surface area contributed by atoms with Crippen LogP contribution in [0.25, 0.3) is 0 Å². The third kappa shape index (κ3) is 7.32. The van der Waals surface area contributed by atoms with Gasteiger partial charge in [0.1, 0.15) is 18.1 Å². The van der Waals surface area contributed by atoms with E-state index in [1.807, 2.05) is 12.1 Å². The topological polar surface area (TPSA) is 26.3 Å². The fourth-order valence-electron chi connectivity index (χ4n) is 5.40. The van der Waals surface area contributed by atoms with E-state index in [2.05, 4.69) is 69.8 Å². The van der Waals surface area contributed by atoms with Crippen LogP contribution in [0.4, 0.5) is 0 Å². The molecule has 1 aliphatic carbocycles. The molecular weight excluding hydrogens is 416 g/mol. The summed E-state index contributed by atoms with van der Waals surface area (Å²) in [7, 11) is 0. The maximum absolute atomic E-state index is 12.6. The summed E-state index contributed by atoms with van der Waals surface area (Å²) < 4.78 is 6.52. The summed E-state index contributed by atoms with van der Waals surface area (Å²) in [5.74, 6) is 1.97. The second-order valence-corrected chi connectivity index (χ2v) is 10.7. The Bertz CT molecular complexity index is 912. The van der Waals surface area contributed by atoms with Gasteiger partial charge in [-0.1, -0.05) is 95.0 Å². The van der Waals surface area contributed by atoms with Gasteiger partial charge in [-0.05, 0) is 65.7 Å². The number of Topliss-reactive ketones (excluding diaryl/α,β-unsaturated/α-hetero) is 1. The van der Waals surface area contributed by atoms with Gasteiger partial charge in [0.2, 0.25) is 0 Å². The number of hydrogen-bond donors (Lipinski definition) is 0. The molecule has 0 aromatic heterocycles. The van der Waals surface area contributed by atoms with Crippen LogP contribution in [0.1, 0.15) is 108 Å². The van der Waals surface area contributed by atoms with Gasteiger partial charge in [-0.25, -0.2) is 0 Å². The van der Waals surface area contributed by atoms with E-state index >= 15 is 0 Å². The minimum absolute atomic E-state index is 0.0942. The number of allylic oxidation sites excluding steroid dienone is 1. The molecule has 0 spiro atoms. The van der Waals surface area contributed by atoms with E-state index in [4.69, 9.17) is 4.74 Å². The Morgan fingerprint density at radius 2 is 1.88 bits per heavy atom. The van der Waals surface area contributed by atoms with Gasteiger partial charge in [-0.15, -0.1) is 6.58 Å². The largest absolute Gasteiger partial charge is 0.489 e. The quantitative estimate of drug-likeness (QED) is 0.179. The second kappa shape index (κ2) is 12.9. The monoisotopic (exact) mass is 460 g/mol. The zero-order valence-electron chi connectivity index (χ0n) is 21.7. The first-order chi connectivity index (χ1) is 16.4. The molecule has 2 atom stereocenters. The van der Waals surface area contributed by atoms with Gasteiger partial charge in [0.15, 0.2) is 0 Å². The molecule has 2 unspecified atom stereocenters. The van der Waals surface area contributed by atoms with E-state index in [0.29, 0.717) is 31.1 Å². The molecule has 2 heteroatoms. The standard InChI is InChI=1S/C32H44O2/c1-5-7-8-12-21-32(3,4)27-19-20-29(30-23-28(33)18-13-17-26(30)14-6-2)31(22-27)34-24-25-15-10-9-11-16-25/h6,9-11,15-16,19-20,22,26,30H,2,5,7-8,12-14,17-18,21,23-24H2,1,3-4H3. The lowest BCUT2D eigenvalue weighted by Gasteiger charge is -2.30. The van der Waals surface area contributed by atoms with Crippen molar-refractivity contribution in [2.24, 2.45) is 5.92 Å². The van der Waals surface area contributed by atoms with E-state index in [9.17, 15) is 4.79 Å². The first-order valence-corrected chi connectivity index (χ1v) is 13.4. The summed E-state index contributed by atoms with van der Waals surface area (Å²) in [5, 5.41) is 0. The SMILES string of the molecule is C=CCC1CCCC(=O)CC1c1ccc(C(C)(C)CCCCCC)cc1OCc1ccccc1. The van der Waals surface area contributed by atoms with Crippen molar-refractivity contribution in [1.29, 1.82) is 0 Å². The minimum Gasteiger partial charge on any atom is -0.489 e. The molecule has 0 saturated heterocycles. The van der Waals surface area contributed by atoms with Crippen molar-refractivity contribution in [3.05, 3.63) is 77.9 Å². The lowest BCUT2D eigenvalue weighted by atomic mass is 9.76. The van der Waals surface area contributed by atoms with Gasteiger partial charge in [0.25, 0.3) is 0 Å². The fourth-order valence-corrected chi connectivity index (χ4v) is 5.40. The van der Waals surface area contributed by atoms with E-state index in [-0.39, 0.29) is 11.3 Å². The molecule has 34 heavy (non-hydrogen) atoms. The predicted molar refractivity (Wildman–Crippen MR) is 144 cm³/mol. The Hall–Kier alpha value is -2.35. The van der Waals surface area contributed by atoms with Crippen LogP contribution < -0.4 is 4.74 Å². The number of carbonyl (C=O) groups excluding carboxylic acids is 1. The smallest absolute Gasteiger partial charge is 0.133 e.